The van der Waals surface area contributed by atoms with Gasteiger partial charge in [0.05, 0.1) is 12.2 Å². The van der Waals surface area contributed by atoms with Crippen molar-refractivity contribution in [3.63, 3.8) is 0 Å². The Morgan fingerprint density at radius 3 is 2.95 bits per heavy atom. The van der Waals surface area contributed by atoms with Gasteiger partial charge in [0.2, 0.25) is 0 Å². The summed E-state index contributed by atoms with van der Waals surface area (Å²) in [7, 11) is 0. The molecule has 2 heterocycles. The first kappa shape index (κ1) is 15.1. The molecule has 1 amide bonds. The van der Waals surface area contributed by atoms with Gasteiger partial charge in [-0.3, -0.25) is 14.4 Å². The van der Waals surface area contributed by atoms with Gasteiger partial charge >= 0.3 is 0 Å². The lowest BCUT2D eigenvalue weighted by Gasteiger charge is -2.06. The minimum atomic E-state index is -0.546. The summed E-state index contributed by atoms with van der Waals surface area (Å²) in [5.74, 6) is 0.0980. The van der Waals surface area contributed by atoms with E-state index in [4.69, 9.17) is 5.21 Å². The summed E-state index contributed by atoms with van der Waals surface area (Å²) in [4.78, 5) is 15.5. The van der Waals surface area contributed by atoms with Crippen LogP contribution in [0.1, 0.15) is 31.9 Å². The minimum Gasteiger partial charge on any atom is -0.504 e. The fraction of sp³-hybridized carbons (Fsp3) is 0.429. The number of hydrogen-bond donors (Lipinski definition) is 4. The van der Waals surface area contributed by atoms with Crippen LogP contribution in [0.25, 0.3) is 5.65 Å². The third kappa shape index (κ3) is 3.43. The van der Waals surface area contributed by atoms with Crippen LogP contribution >= 0.6 is 0 Å². The molecule has 0 aromatic carbocycles. The Morgan fingerprint density at radius 1 is 1.43 bits per heavy atom. The molecule has 0 atom stereocenters. The van der Waals surface area contributed by atoms with E-state index in [-0.39, 0.29) is 12.3 Å². The van der Waals surface area contributed by atoms with Crippen LogP contribution in [-0.2, 0) is 11.2 Å². The lowest BCUT2D eigenvalue weighted by atomic mass is 10.1. The molecule has 0 aliphatic carbocycles. The fourth-order valence-electron chi connectivity index (χ4n) is 2.23. The molecule has 2 aromatic rings. The molecule has 0 saturated heterocycles. The number of nitrogens with zero attached hydrogens (tertiary/aromatic N) is 2. The maximum atomic E-state index is 11.1. The van der Waals surface area contributed by atoms with Crippen LogP contribution in [0.4, 0.5) is 5.82 Å². The third-order valence-electron chi connectivity index (χ3n) is 3.29. The maximum Gasteiger partial charge on any atom is 0.262 e. The Kier molecular flexibility index (Phi) is 4.99. The van der Waals surface area contributed by atoms with E-state index in [0.717, 1.165) is 31.4 Å². The lowest BCUT2D eigenvalue weighted by molar-refractivity contribution is -0.127. The number of amides is 1. The number of carbonyl (C=O) groups is 1. The molecule has 2 rings (SSSR count). The molecular formula is C14H20N4O3. The average molecular weight is 292 g/mol. The van der Waals surface area contributed by atoms with Crippen LogP contribution in [0.2, 0.25) is 0 Å². The van der Waals surface area contributed by atoms with E-state index in [1.165, 1.54) is 0 Å². The van der Waals surface area contributed by atoms with Gasteiger partial charge in [0.1, 0.15) is 5.82 Å². The normalized spacial score (nSPS) is 10.8. The maximum absolute atomic E-state index is 11.1. The number of pyridine rings is 1. The number of aryl methyl sites for hydroxylation is 1. The van der Waals surface area contributed by atoms with E-state index >= 15 is 0 Å². The van der Waals surface area contributed by atoms with E-state index in [0.29, 0.717) is 11.5 Å². The molecule has 7 nitrogen and oxygen atoms in total. The van der Waals surface area contributed by atoms with Crippen LogP contribution in [0, 0.1) is 0 Å². The predicted molar refractivity (Wildman–Crippen MR) is 78.5 cm³/mol. The Morgan fingerprint density at radius 2 is 2.24 bits per heavy atom. The highest BCUT2D eigenvalue weighted by Crippen LogP contribution is 2.25. The van der Waals surface area contributed by atoms with Crippen LogP contribution in [0.15, 0.2) is 18.3 Å². The van der Waals surface area contributed by atoms with Crippen LogP contribution in [0.5, 0.6) is 5.75 Å². The zero-order valence-corrected chi connectivity index (χ0v) is 12.0. The highest BCUT2D eigenvalue weighted by molar-refractivity contribution is 5.79. The van der Waals surface area contributed by atoms with Gasteiger partial charge in [0.15, 0.2) is 11.4 Å². The van der Waals surface area contributed by atoms with Gasteiger partial charge in [-0.15, -0.1) is 0 Å². The molecule has 21 heavy (non-hydrogen) atoms. The number of carbonyl (C=O) groups excluding carboxylic acids is 1. The molecule has 0 radical (unpaired) electrons. The van der Waals surface area contributed by atoms with E-state index in [1.54, 1.807) is 17.6 Å². The number of hydrogen-bond acceptors (Lipinski definition) is 5. The summed E-state index contributed by atoms with van der Waals surface area (Å²) >= 11 is 0. The highest BCUT2D eigenvalue weighted by atomic mass is 16.5. The number of anilines is 1. The summed E-state index contributed by atoms with van der Waals surface area (Å²) in [5, 5.41) is 21.3. The fourth-order valence-corrected chi connectivity index (χ4v) is 2.23. The molecule has 0 bridgehead atoms. The van der Waals surface area contributed by atoms with Gasteiger partial charge in [-0.05, 0) is 25.0 Å². The van der Waals surface area contributed by atoms with Crippen molar-refractivity contribution in [2.75, 3.05) is 11.9 Å². The Hall–Kier alpha value is -2.28. The minimum absolute atomic E-state index is 0.0814. The summed E-state index contributed by atoms with van der Waals surface area (Å²) in [6.45, 7) is 2.05. The Balaban J connectivity index is 2.30. The number of hydroxylamine groups is 1. The highest BCUT2D eigenvalue weighted by Gasteiger charge is 2.14. The summed E-state index contributed by atoms with van der Waals surface area (Å²) in [5.41, 5.74) is 2.94. The summed E-state index contributed by atoms with van der Waals surface area (Å²) < 4.78 is 1.82. The molecule has 2 aromatic heterocycles. The Labute approximate surface area is 122 Å². The van der Waals surface area contributed by atoms with Gasteiger partial charge in [-0.2, -0.15) is 0 Å². The van der Waals surface area contributed by atoms with Gasteiger partial charge in [0, 0.05) is 6.20 Å². The SMILES string of the molecule is CCCCCc1c(NCC(=O)NO)nc2c(O)cccn12. The summed E-state index contributed by atoms with van der Waals surface area (Å²) in [6, 6.07) is 3.32. The number of aromatic nitrogens is 2. The number of unbranched alkanes of at least 4 members (excludes halogenated alkanes) is 2. The molecule has 0 aliphatic rings. The molecule has 0 aliphatic heterocycles. The first-order chi connectivity index (χ1) is 10.2. The molecule has 4 N–H and O–H groups in total. The zero-order chi connectivity index (χ0) is 15.2. The quantitative estimate of drug-likeness (QED) is 0.353. The van der Waals surface area contributed by atoms with E-state index in [2.05, 4.69) is 17.2 Å². The second-order valence-electron chi connectivity index (χ2n) is 4.84. The molecule has 114 valence electrons. The lowest BCUT2D eigenvalue weighted by Crippen LogP contribution is -2.27. The van der Waals surface area contributed by atoms with Crippen molar-refractivity contribution in [3.8, 4) is 5.75 Å². The molecule has 7 heteroatoms. The standard InChI is InChI=1S/C14H20N4O3/c1-2-3-4-6-10-13(15-9-12(20)17-21)16-14-11(19)7-5-8-18(10)14/h5,7-8,15,19,21H,2-4,6,9H2,1H3,(H,17,20). The van der Waals surface area contributed by atoms with Crippen LogP contribution in [-0.4, -0.2) is 32.2 Å². The van der Waals surface area contributed by atoms with Gasteiger partial charge in [-0.1, -0.05) is 19.8 Å². The van der Waals surface area contributed by atoms with Crippen molar-refractivity contribution >= 4 is 17.4 Å². The van der Waals surface area contributed by atoms with Gasteiger partial charge < -0.3 is 10.4 Å². The van der Waals surface area contributed by atoms with E-state index in [9.17, 15) is 9.90 Å². The monoisotopic (exact) mass is 292 g/mol. The van der Waals surface area contributed by atoms with Crippen molar-refractivity contribution in [1.82, 2.24) is 14.9 Å². The molecule has 0 fully saturated rings. The van der Waals surface area contributed by atoms with Gasteiger partial charge in [0.25, 0.3) is 5.91 Å². The molecule has 0 spiro atoms. The largest absolute Gasteiger partial charge is 0.504 e. The summed E-state index contributed by atoms with van der Waals surface area (Å²) in [6.07, 6.45) is 5.84. The zero-order valence-electron chi connectivity index (χ0n) is 12.0. The second-order valence-corrected chi connectivity index (χ2v) is 4.84. The van der Waals surface area contributed by atoms with Crippen molar-refractivity contribution in [2.45, 2.75) is 32.6 Å². The molecule has 0 unspecified atom stereocenters. The van der Waals surface area contributed by atoms with Crippen LogP contribution < -0.4 is 10.8 Å². The predicted octanol–water partition coefficient (Wildman–Crippen LogP) is 1.69. The smallest absolute Gasteiger partial charge is 0.262 e. The van der Waals surface area contributed by atoms with E-state index in [1.807, 2.05) is 10.6 Å². The third-order valence-corrected chi connectivity index (χ3v) is 3.29. The number of imidazole rings is 1. The number of fused-ring (bicyclic) bond motifs is 1. The average Bonchev–Trinajstić information content (AvgIpc) is 2.85. The number of aromatic hydroxyl groups is 1. The first-order valence-electron chi connectivity index (χ1n) is 7.03. The van der Waals surface area contributed by atoms with Crippen molar-refractivity contribution in [1.29, 1.82) is 0 Å². The van der Waals surface area contributed by atoms with Crippen LogP contribution in [0.3, 0.4) is 0 Å². The first-order valence-corrected chi connectivity index (χ1v) is 7.03. The van der Waals surface area contributed by atoms with E-state index < -0.39 is 5.91 Å². The molecular weight excluding hydrogens is 272 g/mol. The van der Waals surface area contributed by atoms with Crippen molar-refractivity contribution < 1.29 is 15.1 Å². The number of rotatable bonds is 7. The molecule has 0 saturated carbocycles. The second kappa shape index (κ2) is 6.94. The van der Waals surface area contributed by atoms with Crippen molar-refractivity contribution in [3.05, 3.63) is 24.0 Å². The van der Waals surface area contributed by atoms with Gasteiger partial charge in [-0.25, -0.2) is 10.5 Å². The topological polar surface area (TPSA) is 98.9 Å². The number of nitrogens with one attached hydrogen (secondary N) is 2. The Bertz CT molecular complexity index is 624. The van der Waals surface area contributed by atoms with Crippen molar-refractivity contribution in [2.24, 2.45) is 0 Å².